The number of pyridine rings is 1. The van der Waals surface area contributed by atoms with Crippen LogP contribution in [0.25, 0.3) is 16.6 Å². The minimum absolute atomic E-state index is 0.00329. The van der Waals surface area contributed by atoms with E-state index in [-0.39, 0.29) is 92.6 Å². The van der Waals surface area contributed by atoms with Gasteiger partial charge in [-0.1, -0.05) is 46.2 Å². The molecule has 22 heteroatoms. The Balaban J connectivity index is 0.894. The van der Waals surface area contributed by atoms with Gasteiger partial charge in [0.1, 0.15) is 25.8 Å². The second-order valence-electron chi connectivity index (χ2n) is 21.6. The van der Waals surface area contributed by atoms with E-state index in [9.17, 15) is 48.3 Å². The summed E-state index contributed by atoms with van der Waals surface area (Å²) in [5, 5.41) is 18.9. The van der Waals surface area contributed by atoms with E-state index in [0.717, 1.165) is 27.0 Å². The number of aliphatic hydroxyl groups is 1. The zero-order valence-corrected chi connectivity index (χ0v) is 46.2. The first-order valence-corrected chi connectivity index (χ1v) is 27.1. The van der Waals surface area contributed by atoms with Crippen molar-refractivity contribution in [3.8, 4) is 0 Å². The summed E-state index contributed by atoms with van der Waals surface area (Å²) in [6.07, 6.45) is 5.98. The molecular formula is C58H69FN8O13. The second kappa shape index (κ2) is 24.8. The van der Waals surface area contributed by atoms with E-state index in [1.165, 1.54) is 23.1 Å². The van der Waals surface area contributed by atoms with Crippen molar-refractivity contribution in [3.05, 3.63) is 99.0 Å². The summed E-state index contributed by atoms with van der Waals surface area (Å²) >= 11 is 0. The number of imide groups is 1. The Hall–Kier alpha value is -7.69. The number of nitrogens with zero attached hydrogens (tertiary/aromatic N) is 5. The number of ether oxygens (including phenoxy) is 3. The fraction of sp³-hybridized carbons (Fsp3) is 0.483. The van der Waals surface area contributed by atoms with Crippen molar-refractivity contribution in [2.24, 2.45) is 11.8 Å². The van der Waals surface area contributed by atoms with E-state index >= 15 is 4.39 Å². The van der Waals surface area contributed by atoms with E-state index in [1.807, 2.05) is 37.7 Å². The number of rotatable bonds is 24. The molecule has 8 rings (SSSR count). The largest absolute Gasteiger partial charge is 0.444 e. The van der Waals surface area contributed by atoms with Crippen LogP contribution in [0.2, 0.25) is 0 Å². The molecule has 0 saturated heterocycles. The third kappa shape index (κ3) is 12.4. The van der Waals surface area contributed by atoms with Gasteiger partial charge in [0, 0.05) is 85.4 Å². The standard InChI is InChI=1S/C58H69FN8O13/c1-8-58(40-25-44-53-39(28-66(44)27-38(40)55(75)80-56(58)76)51-42(61-47(71)29-68)18-17-37-34(5)41(59)26-43(62-53)50(37)51)79-31-65(23-22-64(6)7)57(77)78-30-35-13-15-36(16-14-35)60-54(74)33(4)24-45(69)52(32(2)3)63-46(70)12-10-9-11-21-67-48(72)19-20-49(67)73/h13-16,19-20,25-26,32-33,42,52,68H,8-12,17-18,21-24,27-31H2,1-7H3,(H,60,74)(H,61,71)(H,63,70)/t33-,42-,52+,58-/m1/s1. The van der Waals surface area contributed by atoms with Crippen molar-refractivity contribution in [2.45, 2.75) is 117 Å². The van der Waals surface area contributed by atoms with E-state index in [0.29, 0.717) is 72.4 Å². The van der Waals surface area contributed by atoms with Gasteiger partial charge < -0.3 is 45.1 Å². The number of hydrogen-bond donors (Lipinski definition) is 4. The molecule has 0 fully saturated rings. The molecule has 6 amide bonds. The van der Waals surface area contributed by atoms with Gasteiger partial charge >= 0.3 is 18.0 Å². The average molecular weight is 1110 g/mol. The van der Waals surface area contributed by atoms with Crippen LogP contribution in [-0.2, 0) is 72.1 Å². The van der Waals surface area contributed by atoms with Gasteiger partial charge in [-0.3, -0.25) is 38.6 Å². The molecule has 3 aromatic rings. The topological polar surface area (TPSA) is 263 Å². The summed E-state index contributed by atoms with van der Waals surface area (Å²) in [4.78, 5) is 128. The van der Waals surface area contributed by atoms with Crippen LogP contribution in [0.5, 0.6) is 0 Å². The van der Waals surface area contributed by atoms with Gasteiger partial charge in [-0.25, -0.2) is 23.8 Å². The van der Waals surface area contributed by atoms with Crippen LogP contribution in [-0.4, -0.2) is 148 Å². The van der Waals surface area contributed by atoms with Gasteiger partial charge in [-0.15, -0.1) is 0 Å². The van der Waals surface area contributed by atoms with Crippen molar-refractivity contribution >= 4 is 75.6 Å². The molecule has 0 saturated carbocycles. The molecule has 4 aliphatic heterocycles. The first-order chi connectivity index (χ1) is 38.1. The second-order valence-corrected chi connectivity index (χ2v) is 21.6. The summed E-state index contributed by atoms with van der Waals surface area (Å²) in [5.41, 5.74) is 3.75. The van der Waals surface area contributed by atoms with Crippen molar-refractivity contribution in [2.75, 3.05) is 58.9 Å². The van der Waals surface area contributed by atoms with Gasteiger partial charge in [0.05, 0.1) is 41.1 Å². The Morgan fingerprint density at radius 3 is 2.36 bits per heavy atom. The number of aryl methyl sites for hydroxylation is 1. The molecule has 0 spiro atoms. The van der Waals surface area contributed by atoms with Crippen molar-refractivity contribution in [1.29, 1.82) is 0 Å². The quantitative estimate of drug-likeness (QED) is 0.0308. The molecule has 4 atom stereocenters. The third-order valence-electron chi connectivity index (χ3n) is 15.4. The maximum absolute atomic E-state index is 15.5. The normalized spacial score (nSPS) is 18.9. The lowest BCUT2D eigenvalue weighted by Gasteiger charge is -2.40. The fourth-order valence-electron chi connectivity index (χ4n) is 10.9. The molecule has 80 heavy (non-hydrogen) atoms. The van der Waals surface area contributed by atoms with Crippen molar-refractivity contribution in [1.82, 2.24) is 35.2 Å². The number of amides is 6. The molecular weight excluding hydrogens is 1040 g/mol. The molecule has 4 N–H and O–H groups in total. The zero-order valence-electron chi connectivity index (χ0n) is 46.2. The monoisotopic (exact) mass is 1100 g/mol. The van der Waals surface area contributed by atoms with Crippen molar-refractivity contribution < 1.29 is 66.9 Å². The highest BCUT2D eigenvalue weighted by atomic mass is 19.1. The number of hydrogen-bond acceptors (Lipinski definition) is 16. The number of esters is 2. The predicted molar refractivity (Wildman–Crippen MR) is 289 cm³/mol. The number of nitrogens with one attached hydrogen (secondary N) is 3. The first-order valence-electron chi connectivity index (χ1n) is 27.1. The molecule has 0 unspecified atom stereocenters. The van der Waals surface area contributed by atoms with Crippen LogP contribution < -0.4 is 16.0 Å². The number of anilines is 1. The van der Waals surface area contributed by atoms with Gasteiger partial charge in [0.25, 0.3) is 11.8 Å². The minimum Gasteiger partial charge on any atom is -0.444 e. The first kappa shape index (κ1) is 58.5. The number of benzene rings is 2. The number of likely N-dealkylation sites (N-methyl/N-ethyl adjacent to an activating group) is 1. The van der Waals surface area contributed by atoms with Gasteiger partial charge in [0.2, 0.25) is 17.7 Å². The van der Waals surface area contributed by atoms with Crippen LogP contribution in [0.1, 0.15) is 112 Å². The summed E-state index contributed by atoms with van der Waals surface area (Å²) in [6, 6.07) is 6.63. The Labute approximate surface area is 462 Å². The predicted octanol–water partition coefficient (Wildman–Crippen LogP) is 4.81. The highest BCUT2D eigenvalue weighted by molar-refractivity contribution is 6.13. The lowest BCUT2D eigenvalue weighted by Crippen LogP contribution is -2.53. The number of unbranched alkanes of at least 4 members (excludes halogenated alkanes) is 2. The molecule has 1 aromatic heterocycles. The number of fused-ring (bicyclic) bond motifs is 4. The number of carbonyl (C=O) groups excluding carboxylic acids is 9. The molecule has 1 aliphatic carbocycles. The highest BCUT2D eigenvalue weighted by Crippen LogP contribution is 2.49. The number of aliphatic hydroxyl groups excluding tert-OH is 1. The SMILES string of the molecule is CC[C@]1(OCN(CCN(C)C)C(=O)OCc2ccc(NC(=O)[C@H](C)CC(=O)[C@@H](NC(=O)CCCCCN3C(=O)C=CC3=O)C(C)C)cc2)C(=O)OC(=O)C2=C1C=C1c3nc4cc(F)c(C)c5c4c(c3CN1C2)[C@H](NC(=O)CO)CC5. The molecule has 426 valence electrons. The van der Waals surface area contributed by atoms with Crippen LogP contribution in [0.15, 0.2) is 59.7 Å². The van der Waals surface area contributed by atoms with E-state index in [1.54, 1.807) is 51.1 Å². The van der Waals surface area contributed by atoms with Crippen LogP contribution in [0.3, 0.4) is 0 Å². The summed E-state index contributed by atoms with van der Waals surface area (Å²) < 4.78 is 33.1. The van der Waals surface area contributed by atoms with Gasteiger partial charge in [-0.2, -0.15) is 0 Å². The maximum Gasteiger partial charge on any atom is 0.411 e. The van der Waals surface area contributed by atoms with Crippen LogP contribution in [0.4, 0.5) is 14.9 Å². The van der Waals surface area contributed by atoms with Crippen LogP contribution in [0, 0.1) is 24.6 Å². The average Bonchev–Trinajstić information content (AvgIpc) is 4.07. The molecule has 0 bridgehead atoms. The Bertz CT molecular complexity index is 3100. The van der Waals surface area contributed by atoms with Crippen LogP contribution >= 0.6 is 0 Å². The number of aromatic nitrogens is 1. The zero-order chi connectivity index (χ0) is 57.7. The van der Waals surface area contributed by atoms with Gasteiger partial charge in [0.15, 0.2) is 11.4 Å². The lowest BCUT2D eigenvalue weighted by molar-refractivity contribution is -0.181. The Kier molecular flexibility index (Phi) is 18.1. The maximum atomic E-state index is 15.5. The number of cyclic esters (lactones) is 2. The van der Waals surface area contributed by atoms with E-state index < -0.39 is 72.6 Å². The fourth-order valence-corrected chi connectivity index (χ4v) is 10.9. The molecule has 2 aromatic carbocycles. The minimum atomic E-state index is -1.86. The van der Waals surface area contributed by atoms with E-state index in [2.05, 4.69) is 16.0 Å². The number of carbonyl (C=O) groups is 9. The summed E-state index contributed by atoms with van der Waals surface area (Å²) in [7, 11) is 3.65. The highest BCUT2D eigenvalue weighted by Gasteiger charge is 2.53. The number of halogens is 1. The molecule has 5 heterocycles. The smallest absolute Gasteiger partial charge is 0.411 e. The lowest BCUT2D eigenvalue weighted by atomic mass is 9.81. The van der Waals surface area contributed by atoms with Crippen molar-refractivity contribution in [3.63, 3.8) is 0 Å². The Morgan fingerprint density at radius 1 is 0.963 bits per heavy atom. The molecule has 5 aliphatic rings. The molecule has 0 radical (unpaired) electrons. The summed E-state index contributed by atoms with van der Waals surface area (Å²) in [5.74, 6) is -5.49. The number of ketones is 1. The van der Waals surface area contributed by atoms with E-state index in [4.69, 9.17) is 19.2 Å². The van der Waals surface area contributed by atoms with Gasteiger partial charge in [-0.05, 0) is 99.5 Å². The molecule has 21 nitrogen and oxygen atoms in total. The third-order valence-corrected chi connectivity index (χ3v) is 15.4. The number of Topliss-reactive ketones (excluding diaryl/α,β-unsaturated/α-hetero) is 1. The summed E-state index contributed by atoms with van der Waals surface area (Å²) in [6.45, 7) is 8.34. The Morgan fingerprint density at radius 2 is 1.69 bits per heavy atom.